The molecule has 0 saturated carbocycles. The molecule has 0 aliphatic carbocycles. The zero-order valence-corrected chi connectivity index (χ0v) is 19.8. The Kier molecular flexibility index (Phi) is 11.9. The first-order valence-corrected chi connectivity index (χ1v) is 10.9. The predicted octanol–water partition coefficient (Wildman–Crippen LogP) is 0.804. The zero-order valence-electron chi connectivity index (χ0n) is 19.8. The minimum absolute atomic E-state index is 0.0437. The van der Waals surface area contributed by atoms with E-state index in [1.807, 2.05) is 0 Å². The monoisotopic (exact) mass is 493 g/mol. The molecule has 0 bridgehead atoms. The van der Waals surface area contributed by atoms with Crippen molar-refractivity contribution in [2.24, 2.45) is 11.8 Å². The van der Waals surface area contributed by atoms with Crippen LogP contribution in [0.4, 0.5) is 5.69 Å². The van der Waals surface area contributed by atoms with Gasteiger partial charge in [0.25, 0.3) is 0 Å². The summed E-state index contributed by atoms with van der Waals surface area (Å²) in [5.41, 5.74) is 0.379. The van der Waals surface area contributed by atoms with Gasteiger partial charge in [0, 0.05) is 12.1 Å². The molecule has 0 aliphatic heterocycles. The first-order chi connectivity index (χ1) is 16.5. The van der Waals surface area contributed by atoms with Gasteiger partial charge in [-0.25, -0.2) is 0 Å². The van der Waals surface area contributed by atoms with Crippen LogP contribution in [-0.2, 0) is 28.8 Å². The molecule has 0 aromatic heterocycles. The lowest BCUT2D eigenvalue weighted by Crippen LogP contribution is -2.51. The van der Waals surface area contributed by atoms with E-state index in [0.717, 1.165) is 0 Å². The second-order valence-electron chi connectivity index (χ2n) is 8.24. The van der Waals surface area contributed by atoms with Gasteiger partial charge in [-0.2, -0.15) is 0 Å². The Morgan fingerprint density at radius 1 is 0.943 bits per heavy atom. The Morgan fingerprint density at radius 2 is 1.54 bits per heavy atom. The summed E-state index contributed by atoms with van der Waals surface area (Å²) in [6.07, 6.45) is -1.02. The number of carboxylic acid groups (broad SMARTS) is 2. The molecule has 1 aromatic carbocycles. The number of nitrogens with one attached hydrogen (secondary N) is 3. The lowest BCUT2D eigenvalue weighted by atomic mass is 9.94. The molecule has 1 rings (SSSR count). The Labute approximate surface area is 202 Å². The molecule has 1 aromatic rings. The molecule has 3 atom stereocenters. The standard InChI is InChI=1S/C23H31N3O9/c1-13(2)10-17(21(32)25-15(12-27)11-20(30)31)22(33)26-18(8-9-19(28)29)23(34)24-14-4-6-16(35-3)7-5-14/h4-7,12-13,15,17-18H,8-11H2,1-3H3,(H,24,34)(H,25,32)(H,26,33)(H,28,29)(H,30,31). The molecule has 12 nitrogen and oxygen atoms in total. The first kappa shape index (κ1) is 29.1. The average Bonchev–Trinajstić information content (AvgIpc) is 2.79. The van der Waals surface area contributed by atoms with Crippen molar-refractivity contribution in [1.29, 1.82) is 0 Å². The second kappa shape index (κ2) is 14.3. The summed E-state index contributed by atoms with van der Waals surface area (Å²) in [5, 5.41) is 25.1. The molecule has 192 valence electrons. The fraction of sp³-hybridized carbons (Fsp3) is 0.478. The molecule has 3 unspecified atom stereocenters. The van der Waals surface area contributed by atoms with Crippen molar-refractivity contribution < 1.29 is 43.7 Å². The van der Waals surface area contributed by atoms with E-state index < -0.39 is 60.5 Å². The van der Waals surface area contributed by atoms with Crippen LogP contribution in [0.1, 0.15) is 39.5 Å². The quantitative estimate of drug-likeness (QED) is 0.174. The van der Waals surface area contributed by atoms with E-state index in [2.05, 4.69) is 16.0 Å². The summed E-state index contributed by atoms with van der Waals surface area (Å²) in [6, 6.07) is 3.72. The summed E-state index contributed by atoms with van der Waals surface area (Å²) in [7, 11) is 1.48. The van der Waals surface area contributed by atoms with Gasteiger partial charge in [-0.05, 0) is 43.0 Å². The van der Waals surface area contributed by atoms with Gasteiger partial charge in [-0.15, -0.1) is 0 Å². The smallest absolute Gasteiger partial charge is 0.305 e. The number of aldehydes is 1. The molecule has 35 heavy (non-hydrogen) atoms. The van der Waals surface area contributed by atoms with Crippen LogP contribution < -0.4 is 20.7 Å². The Balaban J connectivity index is 3.04. The minimum Gasteiger partial charge on any atom is -0.497 e. The Hall–Kier alpha value is -3.96. The van der Waals surface area contributed by atoms with Crippen LogP contribution in [0, 0.1) is 11.8 Å². The number of aliphatic carboxylic acids is 2. The van der Waals surface area contributed by atoms with E-state index in [0.29, 0.717) is 11.4 Å². The number of anilines is 1. The summed E-state index contributed by atoms with van der Waals surface area (Å²) >= 11 is 0. The summed E-state index contributed by atoms with van der Waals surface area (Å²) in [4.78, 5) is 71.6. The molecule has 0 heterocycles. The highest BCUT2D eigenvalue weighted by atomic mass is 16.5. The number of hydrogen-bond donors (Lipinski definition) is 5. The predicted molar refractivity (Wildman–Crippen MR) is 124 cm³/mol. The van der Waals surface area contributed by atoms with E-state index in [9.17, 15) is 28.8 Å². The molecule has 0 saturated heterocycles. The van der Waals surface area contributed by atoms with Gasteiger partial charge in [0.15, 0.2) is 0 Å². The van der Waals surface area contributed by atoms with Gasteiger partial charge in [0.2, 0.25) is 17.7 Å². The fourth-order valence-electron chi connectivity index (χ4n) is 3.12. The normalized spacial score (nSPS) is 13.1. The number of ether oxygens (including phenoxy) is 1. The van der Waals surface area contributed by atoms with Crippen LogP contribution in [0.25, 0.3) is 0 Å². The third kappa shape index (κ3) is 10.7. The maximum absolute atomic E-state index is 13.0. The lowest BCUT2D eigenvalue weighted by Gasteiger charge is -2.23. The van der Waals surface area contributed by atoms with Crippen LogP contribution >= 0.6 is 0 Å². The van der Waals surface area contributed by atoms with E-state index in [1.54, 1.807) is 38.1 Å². The van der Waals surface area contributed by atoms with Crippen molar-refractivity contribution in [1.82, 2.24) is 10.6 Å². The van der Waals surface area contributed by atoms with Crippen LogP contribution in [0.15, 0.2) is 24.3 Å². The summed E-state index contributed by atoms with van der Waals surface area (Å²) < 4.78 is 5.05. The van der Waals surface area contributed by atoms with Gasteiger partial charge in [-0.3, -0.25) is 24.0 Å². The molecular weight excluding hydrogens is 462 g/mol. The molecular formula is C23H31N3O9. The fourth-order valence-corrected chi connectivity index (χ4v) is 3.12. The second-order valence-corrected chi connectivity index (χ2v) is 8.24. The number of carbonyl (C=O) groups is 6. The van der Waals surface area contributed by atoms with Gasteiger partial charge >= 0.3 is 11.9 Å². The van der Waals surface area contributed by atoms with Crippen LogP contribution in [-0.4, -0.2) is 65.4 Å². The molecule has 3 amide bonds. The summed E-state index contributed by atoms with van der Waals surface area (Å²) in [5.74, 6) is -5.83. The van der Waals surface area contributed by atoms with Crippen molar-refractivity contribution in [3.63, 3.8) is 0 Å². The van der Waals surface area contributed by atoms with E-state index >= 15 is 0 Å². The van der Waals surface area contributed by atoms with Crippen molar-refractivity contribution in [3.05, 3.63) is 24.3 Å². The molecule has 5 N–H and O–H groups in total. The highest BCUT2D eigenvalue weighted by Gasteiger charge is 2.32. The average molecular weight is 494 g/mol. The van der Waals surface area contributed by atoms with E-state index in [1.165, 1.54) is 7.11 Å². The first-order valence-electron chi connectivity index (χ1n) is 10.9. The molecule has 0 fully saturated rings. The van der Waals surface area contributed by atoms with E-state index in [-0.39, 0.29) is 25.0 Å². The highest BCUT2D eigenvalue weighted by Crippen LogP contribution is 2.17. The minimum atomic E-state index is -1.34. The maximum Gasteiger partial charge on any atom is 0.305 e. The Bertz CT molecular complexity index is 915. The van der Waals surface area contributed by atoms with Crippen molar-refractivity contribution in [3.8, 4) is 5.75 Å². The van der Waals surface area contributed by atoms with Crippen LogP contribution in [0.5, 0.6) is 5.75 Å². The number of amides is 3. The topological polar surface area (TPSA) is 188 Å². The molecule has 0 spiro atoms. The van der Waals surface area contributed by atoms with Crippen molar-refractivity contribution >= 4 is 41.6 Å². The molecule has 12 heteroatoms. The zero-order chi connectivity index (χ0) is 26.5. The lowest BCUT2D eigenvalue weighted by molar-refractivity contribution is -0.141. The summed E-state index contributed by atoms with van der Waals surface area (Å²) in [6.45, 7) is 3.50. The molecule has 0 radical (unpaired) electrons. The SMILES string of the molecule is COc1ccc(NC(=O)C(CCC(=O)O)NC(=O)C(CC(C)C)C(=O)NC(C=O)CC(=O)O)cc1. The Morgan fingerprint density at radius 3 is 2.03 bits per heavy atom. The number of carboxylic acids is 2. The van der Waals surface area contributed by atoms with Gasteiger partial charge in [0.1, 0.15) is 24.0 Å². The van der Waals surface area contributed by atoms with Crippen LogP contribution in [0.3, 0.4) is 0 Å². The van der Waals surface area contributed by atoms with Gasteiger partial charge < -0.3 is 35.7 Å². The van der Waals surface area contributed by atoms with Gasteiger partial charge in [-0.1, -0.05) is 13.8 Å². The van der Waals surface area contributed by atoms with Gasteiger partial charge in [0.05, 0.1) is 19.6 Å². The van der Waals surface area contributed by atoms with Crippen molar-refractivity contribution in [2.45, 2.75) is 51.6 Å². The van der Waals surface area contributed by atoms with Crippen LogP contribution in [0.2, 0.25) is 0 Å². The third-order valence-electron chi connectivity index (χ3n) is 4.86. The third-order valence-corrected chi connectivity index (χ3v) is 4.86. The number of hydrogen-bond acceptors (Lipinski definition) is 7. The largest absolute Gasteiger partial charge is 0.497 e. The highest BCUT2D eigenvalue weighted by molar-refractivity contribution is 6.04. The molecule has 0 aliphatic rings. The number of rotatable bonds is 15. The number of carbonyl (C=O) groups excluding carboxylic acids is 4. The van der Waals surface area contributed by atoms with Crippen molar-refractivity contribution in [2.75, 3.05) is 12.4 Å². The number of benzene rings is 1. The number of methoxy groups -OCH3 is 1. The maximum atomic E-state index is 13.0. The van der Waals surface area contributed by atoms with E-state index in [4.69, 9.17) is 14.9 Å².